The Morgan fingerprint density at radius 3 is 2.25 bits per heavy atom. The lowest BCUT2D eigenvalue weighted by Gasteiger charge is -2.01. The lowest BCUT2D eigenvalue weighted by Crippen LogP contribution is -1.76. The minimum absolute atomic E-state index is 0.0324. The summed E-state index contributed by atoms with van der Waals surface area (Å²) >= 11 is 4.71. The van der Waals surface area contributed by atoms with Gasteiger partial charge in [0.2, 0.25) is 0 Å². The number of hydrogen-bond donors (Lipinski definition) is 2. The quantitative estimate of drug-likeness (QED) is 0.876. The van der Waals surface area contributed by atoms with Crippen LogP contribution in [0.15, 0.2) is 33.4 Å². The van der Waals surface area contributed by atoms with Crippen LogP contribution < -0.4 is 0 Å². The summed E-state index contributed by atoms with van der Waals surface area (Å²) in [5.74, 6) is 0.0648. The van der Waals surface area contributed by atoms with Crippen molar-refractivity contribution in [1.29, 1.82) is 0 Å². The topological polar surface area (TPSA) is 40.5 Å². The maximum Gasteiger partial charge on any atom is 0.134 e. The van der Waals surface area contributed by atoms with Crippen LogP contribution in [0.5, 0.6) is 11.5 Å². The van der Waals surface area contributed by atoms with Gasteiger partial charge in [0.25, 0.3) is 0 Å². The highest BCUT2D eigenvalue weighted by molar-refractivity contribution is 9.10. The van der Waals surface area contributed by atoms with Gasteiger partial charge in [-0.3, -0.25) is 0 Å². The standard InChI is InChI=1S/C12H9BrO2S/c13-12-10(14)5-9(6-11(12)15)2-1-8-3-4-16-7-8/h1-7,14-15H. The SMILES string of the molecule is Oc1cc(C=Cc2ccsc2)cc(O)c1Br. The average molecular weight is 297 g/mol. The molecule has 2 N–H and O–H groups in total. The van der Waals surface area contributed by atoms with Crippen LogP contribution >= 0.6 is 27.3 Å². The molecule has 0 atom stereocenters. The molecular weight excluding hydrogens is 288 g/mol. The summed E-state index contributed by atoms with van der Waals surface area (Å²) in [5, 5.41) is 23.0. The van der Waals surface area contributed by atoms with Crippen molar-refractivity contribution < 1.29 is 10.2 Å². The number of thiophene rings is 1. The highest BCUT2D eigenvalue weighted by Crippen LogP contribution is 2.34. The summed E-state index contributed by atoms with van der Waals surface area (Å²) < 4.78 is 0.320. The molecule has 0 spiro atoms. The van der Waals surface area contributed by atoms with Crippen LogP contribution in [0, 0.1) is 0 Å². The fraction of sp³-hybridized carbons (Fsp3) is 0. The lowest BCUT2D eigenvalue weighted by atomic mass is 10.1. The van der Waals surface area contributed by atoms with Crippen molar-refractivity contribution >= 4 is 39.4 Å². The molecule has 2 aromatic rings. The highest BCUT2D eigenvalue weighted by atomic mass is 79.9. The number of phenolic OH excluding ortho intramolecular Hbond substituents is 2. The maximum atomic E-state index is 9.50. The lowest BCUT2D eigenvalue weighted by molar-refractivity contribution is 0.444. The number of benzene rings is 1. The molecule has 0 bridgehead atoms. The fourth-order valence-electron chi connectivity index (χ4n) is 1.27. The second-order valence-electron chi connectivity index (χ2n) is 3.26. The molecule has 1 aromatic heterocycles. The minimum Gasteiger partial charge on any atom is -0.507 e. The van der Waals surface area contributed by atoms with E-state index in [2.05, 4.69) is 15.9 Å². The molecule has 0 unspecified atom stereocenters. The molecule has 0 aliphatic rings. The van der Waals surface area contributed by atoms with Crippen molar-refractivity contribution in [2.45, 2.75) is 0 Å². The molecule has 1 heterocycles. The Bertz CT molecular complexity index is 495. The molecule has 82 valence electrons. The van der Waals surface area contributed by atoms with Gasteiger partial charge in [-0.05, 0) is 56.0 Å². The molecule has 4 heteroatoms. The maximum absolute atomic E-state index is 9.50. The predicted octanol–water partition coefficient (Wildman–Crippen LogP) is 4.09. The van der Waals surface area contributed by atoms with E-state index in [-0.39, 0.29) is 11.5 Å². The zero-order valence-electron chi connectivity index (χ0n) is 8.22. The van der Waals surface area contributed by atoms with E-state index in [1.807, 2.05) is 29.0 Å². The van der Waals surface area contributed by atoms with Crippen molar-refractivity contribution in [3.8, 4) is 11.5 Å². The molecule has 0 aliphatic carbocycles. The van der Waals surface area contributed by atoms with Gasteiger partial charge >= 0.3 is 0 Å². The molecule has 0 amide bonds. The summed E-state index contributed by atoms with van der Waals surface area (Å²) in [6, 6.07) is 5.18. The number of phenols is 2. The molecule has 0 fully saturated rings. The molecule has 0 radical (unpaired) electrons. The minimum atomic E-state index is 0.0324. The summed E-state index contributed by atoms with van der Waals surface area (Å²) in [5.41, 5.74) is 1.86. The first-order valence-electron chi connectivity index (χ1n) is 4.58. The van der Waals surface area contributed by atoms with Crippen LogP contribution in [-0.4, -0.2) is 10.2 Å². The van der Waals surface area contributed by atoms with Crippen LogP contribution in [0.4, 0.5) is 0 Å². The zero-order valence-corrected chi connectivity index (χ0v) is 10.6. The Morgan fingerprint density at radius 1 is 1.06 bits per heavy atom. The first-order chi connectivity index (χ1) is 7.66. The van der Waals surface area contributed by atoms with E-state index in [0.29, 0.717) is 4.47 Å². The second-order valence-corrected chi connectivity index (χ2v) is 4.84. The number of rotatable bonds is 2. The van der Waals surface area contributed by atoms with Gasteiger partial charge in [0, 0.05) is 0 Å². The van der Waals surface area contributed by atoms with Gasteiger partial charge in [0.1, 0.15) is 16.0 Å². The molecule has 0 aliphatic heterocycles. The highest BCUT2D eigenvalue weighted by Gasteiger charge is 2.04. The summed E-state index contributed by atoms with van der Waals surface area (Å²) in [7, 11) is 0. The van der Waals surface area contributed by atoms with E-state index in [1.54, 1.807) is 23.5 Å². The van der Waals surface area contributed by atoms with Crippen LogP contribution in [0.25, 0.3) is 12.2 Å². The molecule has 2 nitrogen and oxygen atoms in total. The Kier molecular flexibility index (Phi) is 3.31. The van der Waals surface area contributed by atoms with Gasteiger partial charge in [0.05, 0.1) is 0 Å². The van der Waals surface area contributed by atoms with Gasteiger partial charge in [-0.1, -0.05) is 12.2 Å². The van der Waals surface area contributed by atoms with E-state index in [4.69, 9.17) is 0 Å². The van der Waals surface area contributed by atoms with Crippen molar-refractivity contribution in [1.82, 2.24) is 0 Å². The Hall–Kier alpha value is -1.26. The van der Waals surface area contributed by atoms with Gasteiger partial charge in [-0.15, -0.1) is 0 Å². The second kappa shape index (κ2) is 4.72. The third kappa shape index (κ3) is 2.46. The number of halogens is 1. The summed E-state index contributed by atoms with van der Waals surface area (Å²) in [6.07, 6.45) is 3.77. The van der Waals surface area contributed by atoms with E-state index < -0.39 is 0 Å². The predicted molar refractivity (Wildman–Crippen MR) is 70.7 cm³/mol. The van der Waals surface area contributed by atoms with Crippen molar-refractivity contribution in [3.05, 3.63) is 44.6 Å². The van der Waals surface area contributed by atoms with Crippen LogP contribution in [0.1, 0.15) is 11.1 Å². The van der Waals surface area contributed by atoms with Crippen molar-refractivity contribution in [2.75, 3.05) is 0 Å². The fourth-order valence-corrected chi connectivity index (χ4v) is 2.13. The van der Waals surface area contributed by atoms with E-state index in [9.17, 15) is 10.2 Å². The van der Waals surface area contributed by atoms with E-state index in [1.165, 1.54) is 0 Å². The Labute approximate surface area is 106 Å². The molecule has 2 rings (SSSR count). The third-order valence-corrected chi connectivity index (χ3v) is 3.58. The van der Waals surface area contributed by atoms with Gasteiger partial charge in [0.15, 0.2) is 0 Å². The largest absolute Gasteiger partial charge is 0.507 e. The molecular formula is C12H9BrO2S. The summed E-state index contributed by atoms with van der Waals surface area (Å²) in [6.45, 7) is 0. The van der Waals surface area contributed by atoms with E-state index in [0.717, 1.165) is 11.1 Å². The van der Waals surface area contributed by atoms with E-state index >= 15 is 0 Å². The van der Waals surface area contributed by atoms with Crippen molar-refractivity contribution in [3.63, 3.8) is 0 Å². The normalized spacial score (nSPS) is 11.1. The first-order valence-corrected chi connectivity index (χ1v) is 6.32. The molecule has 16 heavy (non-hydrogen) atoms. The number of hydrogen-bond acceptors (Lipinski definition) is 3. The van der Waals surface area contributed by atoms with Crippen LogP contribution in [0.3, 0.4) is 0 Å². The average Bonchev–Trinajstić information content (AvgIpc) is 2.75. The number of aromatic hydroxyl groups is 2. The van der Waals surface area contributed by atoms with Crippen LogP contribution in [-0.2, 0) is 0 Å². The van der Waals surface area contributed by atoms with Gasteiger partial charge in [-0.25, -0.2) is 0 Å². The zero-order chi connectivity index (χ0) is 11.5. The third-order valence-electron chi connectivity index (χ3n) is 2.07. The Morgan fingerprint density at radius 2 is 1.69 bits per heavy atom. The first kappa shape index (κ1) is 11.2. The van der Waals surface area contributed by atoms with Gasteiger partial charge < -0.3 is 10.2 Å². The monoisotopic (exact) mass is 296 g/mol. The molecule has 1 aromatic carbocycles. The van der Waals surface area contributed by atoms with Gasteiger partial charge in [-0.2, -0.15) is 11.3 Å². The molecule has 0 saturated carbocycles. The van der Waals surface area contributed by atoms with Crippen molar-refractivity contribution in [2.24, 2.45) is 0 Å². The smallest absolute Gasteiger partial charge is 0.134 e. The summed E-state index contributed by atoms with van der Waals surface area (Å²) in [4.78, 5) is 0. The Balaban J connectivity index is 2.29. The van der Waals surface area contributed by atoms with Crippen LogP contribution in [0.2, 0.25) is 0 Å². The molecule has 0 saturated heterocycles.